The largest absolute Gasteiger partial charge is 0.381 e. The van der Waals surface area contributed by atoms with Crippen LogP contribution in [0.5, 0.6) is 0 Å². The molecule has 1 fully saturated rings. The standard InChI is InChI=1S/C16H20N2O2S/c1-16(2)6-7-21-9-13(16)17-10-4-5-11-12(8-10)15(20)18(3)14(11)19/h4-5,8,13,17H,6-7,9H2,1-3H3. The van der Waals surface area contributed by atoms with Crippen LogP contribution in [-0.4, -0.2) is 41.3 Å². The number of amides is 2. The number of nitrogens with one attached hydrogen (secondary N) is 1. The van der Waals surface area contributed by atoms with Crippen LogP contribution in [-0.2, 0) is 0 Å². The quantitative estimate of drug-likeness (QED) is 0.854. The van der Waals surface area contributed by atoms with Crippen molar-refractivity contribution in [2.75, 3.05) is 23.9 Å². The molecular weight excluding hydrogens is 284 g/mol. The van der Waals surface area contributed by atoms with Gasteiger partial charge in [0, 0.05) is 24.5 Å². The summed E-state index contributed by atoms with van der Waals surface area (Å²) in [5.74, 6) is 1.84. The van der Waals surface area contributed by atoms with E-state index in [1.54, 1.807) is 6.07 Å². The molecule has 112 valence electrons. The normalized spacial score (nSPS) is 24.1. The Morgan fingerprint density at radius 3 is 2.67 bits per heavy atom. The Morgan fingerprint density at radius 1 is 1.24 bits per heavy atom. The van der Waals surface area contributed by atoms with Gasteiger partial charge in [0.05, 0.1) is 11.1 Å². The fraction of sp³-hybridized carbons (Fsp3) is 0.500. The van der Waals surface area contributed by atoms with Crippen LogP contribution in [0.1, 0.15) is 41.0 Å². The summed E-state index contributed by atoms with van der Waals surface area (Å²) in [5.41, 5.74) is 2.17. The molecule has 1 aromatic rings. The Hall–Kier alpha value is -1.49. The molecule has 0 radical (unpaired) electrons. The van der Waals surface area contributed by atoms with Gasteiger partial charge in [0.15, 0.2) is 0 Å². The SMILES string of the molecule is CN1C(=O)c2ccc(NC3CSCCC3(C)C)cc2C1=O. The second kappa shape index (κ2) is 5.05. The van der Waals surface area contributed by atoms with Crippen LogP contribution < -0.4 is 5.32 Å². The number of anilines is 1. The molecule has 1 unspecified atom stereocenters. The lowest BCUT2D eigenvalue weighted by atomic mass is 9.82. The number of imide groups is 1. The Balaban J connectivity index is 1.86. The third-order valence-corrected chi connectivity index (χ3v) is 5.61. The van der Waals surface area contributed by atoms with Crippen LogP contribution in [0, 0.1) is 5.41 Å². The summed E-state index contributed by atoms with van der Waals surface area (Å²) in [5, 5.41) is 3.55. The van der Waals surface area contributed by atoms with E-state index in [1.807, 2.05) is 23.9 Å². The fourth-order valence-electron chi connectivity index (χ4n) is 2.83. The molecule has 1 atom stereocenters. The zero-order valence-corrected chi connectivity index (χ0v) is 13.4. The first kappa shape index (κ1) is 14.4. The monoisotopic (exact) mass is 304 g/mol. The predicted octanol–water partition coefficient (Wildman–Crippen LogP) is 2.86. The van der Waals surface area contributed by atoms with E-state index in [0.29, 0.717) is 17.2 Å². The number of thioether (sulfide) groups is 1. The van der Waals surface area contributed by atoms with Crippen molar-refractivity contribution in [3.05, 3.63) is 29.3 Å². The maximum Gasteiger partial charge on any atom is 0.261 e. The van der Waals surface area contributed by atoms with E-state index in [1.165, 1.54) is 24.1 Å². The molecule has 0 aromatic heterocycles. The summed E-state index contributed by atoms with van der Waals surface area (Å²) in [6, 6.07) is 5.84. The highest BCUT2D eigenvalue weighted by Crippen LogP contribution is 2.36. The predicted molar refractivity (Wildman–Crippen MR) is 86.0 cm³/mol. The van der Waals surface area contributed by atoms with Gasteiger partial charge >= 0.3 is 0 Å². The van der Waals surface area contributed by atoms with Crippen LogP contribution in [0.2, 0.25) is 0 Å². The van der Waals surface area contributed by atoms with Gasteiger partial charge in [-0.05, 0) is 35.8 Å². The van der Waals surface area contributed by atoms with Crippen molar-refractivity contribution in [2.45, 2.75) is 26.3 Å². The van der Waals surface area contributed by atoms with Crippen molar-refractivity contribution in [3.8, 4) is 0 Å². The molecule has 0 aliphatic carbocycles. The molecule has 0 saturated carbocycles. The Bertz CT molecular complexity index is 612. The van der Waals surface area contributed by atoms with E-state index in [0.717, 1.165) is 11.4 Å². The number of benzene rings is 1. The second-order valence-electron chi connectivity index (χ2n) is 6.44. The highest BCUT2D eigenvalue weighted by molar-refractivity contribution is 7.99. The third kappa shape index (κ3) is 2.44. The van der Waals surface area contributed by atoms with E-state index in [4.69, 9.17) is 0 Å². The lowest BCUT2D eigenvalue weighted by molar-refractivity contribution is 0.0693. The molecule has 1 aromatic carbocycles. The molecule has 0 bridgehead atoms. The number of rotatable bonds is 2. The second-order valence-corrected chi connectivity index (χ2v) is 7.59. The first-order valence-corrected chi connectivity index (χ1v) is 8.36. The van der Waals surface area contributed by atoms with Gasteiger partial charge in [-0.3, -0.25) is 14.5 Å². The smallest absolute Gasteiger partial charge is 0.261 e. The van der Waals surface area contributed by atoms with E-state index < -0.39 is 0 Å². The summed E-state index contributed by atoms with van der Waals surface area (Å²) in [6.45, 7) is 4.56. The molecule has 4 nitrogen and oxygen atoms in total. The van der Waals surface area contributed by atoms with Gasteiger partial charge in [0.25, 0.3) is 11.8 Å². The van der Waals surface area contributed by atoms with Gasteiger partial charge in [-0.1, -0.05) is 13.8 Å². The van der Waals surface area contributed by atoms with Crippen LogP contribution in [0.4, 0.5) is 5.69 Å². The summed E-state index contributed by atoms with van der Waals surface area (Å²) < 4.78 is 0. The van der Waals surface area contributed by atoms with Gasteiger partial charge in [0.2, 0.25) is 0 Å². The third-order valence-electron chi connectivity index (χ3n) is 4.55. The zero-order valence-electron chi connectivity index (χ0n) is 12.6. The van der Waals surface area contributed by atoms with Gasteiger partial charge in [-0.25, -0.2) is 0 Å². The minimum absolute atomic E-state index is 0.212. The molecule has 5 heteroatoms. The maximum absolute atomic E-state index is 12.1. The van der Waals surface area contributed by atoms with Crippen LogP contribution in [0.3, 0.4) is 0 Å². The number of carbonyl (C=O) groups is 2. The summed E-state index contributed by atoms with van der Waals surface area (Å²) in [6.07, 6.45) is 1.18. The van der Waals surface area contributed by atoms with Crippen molar-refractivity contribution in [1.29, 1.82) is 0 Å². The molecule has 2 aliphatic heterocycles. The van der Waals surface area contributed by atoms with Crippen molar-refractivity contribution < 1.29 is 9.59 Å². The van der Waals surface area contributed by atoms with Crippen molar-refractivity contribution in [2.24, 2.45) is 5.41 Å². The number of hydrogen-bond acceptors (Lipinski definition) is 4. The molecule has 2 aliphatic rings. The molecule has 2 amide bonds. The topological polar surface area (TPSA) is 49.4 Å². The lowest BCUT2D eigenvalue weighted by Crippen LogP contribution is -2.41. The molecule has 21 heavy (non-hydrogen) atoms. The van der Waals surface area contributed by atoms with Crippen LogP contribution in [0.25, 0.3) is 0 Å². The van der Waals surface area contributed by atoms with Crippen molar-refractivity contribution in [3.63, 3.8) is 0 Å². The van der Waals surface area contributed by atoms with Crippen molar-refractivity contribution in [1.82, 2.24) is 4.90 Å². The summed E-state index contributed by atoms with van der Waals surface area (Å²) in [4.78, 5) is 25.1. The highest BCUT2D eigenvalue weighted by atomic mass is 32.2. The van der Waals surface area contributed by atoms with Gasteiger partial charge < -0.3 is 5.32 Å². The van der Waals surface area contributed by atoms with Gasteiger partial charge in [-0.2, -0.15) is 11.8 Å². The Morgan fingerprint density at radius 2 is 1.95 bits per heavy atom. The average Bonchev–Trinajstić information content (AvgIpc) is 2.66. The first-order chi connectivity index (χ1) is 9.90. The molecule has 0 spiro atoms. The number of nitrogens with zero attached hydrogens (tertiary/aromatic N) is 1. The first-order valence-electron chi connectivity index (χ1n) is 7.21. The lowest BCUT2D eigenvalue weighted by Gasteiger charge is -2.39. The molecular formula is C16H20N2O2S. The van der Waals surface area contributed by atoms with E-state index in [2.05, 4.69) is 19.2 Å². The summed E-state index contributed by atoms with van der Waals surface area (Å²) in [7, 11) is 1.53. The Labute approximate surface area is 129 Å². The van der Waals surface area contributed by atoms with E-state index in [-0.39, 0.29) is 17.2 Å². The maximum atomic E-state index is 12.1. The summed E-state index contributed by atoms with van der Waals surface area (Å²) >= 11 is 1.96. The van der Waals surface area contributed by atoms with Crippen molar-refractivity contribution >= 4 is 29.3 Å². The van der Waals surface area contributed by atoms with E-state index >= 15 is 0 Å². The molecule has 1 N–H and O–H groups in total. The number of carbonyl (C=O) groups excluding carboxylic acids is 2. The van der Waals surface area contributed by atoms with Gasteiger partial charge in [-0.15, -0.1) is 0 Å². The minimum Gasteiger partial charge on any atom is -0.381 e. The van der Waals surface area contributed by atoms with E-state index in [9.17, 15) is 9.59 Å². The van der Waals surface area contributed by atoms with Crippen LogP contribution >= 0.6 is 11.8 Å². The average molecular weight is 304 g/mol. The van der Waals surface area contributed by atoms with Gasteiger partial charge in [0.1, 0.15) is 0 Å². The molecule has 3 rings (SSSR count). The number of hydrogen-bond donors (Lipinski definition) is 1. The highest BCUT2D eigenvalue weighted by Gasteiger charge is 2.35. The Kier molecular flexibility index (Phi) is 3.48. The number of fused-ring (bicyclic) bond motifs is 1. The molecule has 1 saturated heterocycles. The van der Waals surface area contributed by atoms with Crippen LogP contribution in [0.15, 0.2) is 18.2 Å². The zero-order chi connectivity index (χ0) is 15.2. The molecule has 2 heterocycles. The fourth-order valence-corrected chi connectivity index (χ4v) is 4.43. The minimum atomic E-state index is -0.213.